The fourth-order valence-electron chi connectivity index (χ4n) is 8.07. The maximum Gasteiger partial charge on any atom is 0.225 e. The van der Waals surface area contributed by atoms with Gasteiger partial charge < -0.3 is 14.7 Å². The van der Waals surface area contributed by atoms with Crippen molar-refractivity contribution >= 4 is 29.0 Å². The Morgan fingerprint density at radius 3 is 2.38 bits per heavy atom. The maximum absolute atomic E-state index is 13.2. The zero-order valence-corrected chi connectivity index (χ0v) is 24.4. The molecule has 3 heterocycles. The predicted molar refractivity (Wildman–Crippen MR) is 156 cm³/mol. The number of hydrogen-bond acceptors (Lipinski definition) is 6. The van der Waals surface area contributed by atoms with E-state index in [-0.39, 0.29) is 5.92 Å². The summed E-state index contributed by atoms with van der Waals surface area (Å²) in [6.07, 6.45) is 12.8. The van der Waals surface area contributed by atoms with Crippen LogP contribution < -0.4 is 5.01 Å². The van der Waals surface area contributed by atoms with Gasteiger partial charge in [0.15, 0.2) is 0 Å². The van der Waals surface area contributed by atoms with Gasteiger partial charge >= 0.3 is 0 Å². The minimum absolute atomic E-state index is 0.236. The molecule has 1 amide bonds. The highest BCUT2D eigenvalue weighted by molar-refractivity contribution is 6.32. The Balaban J connectivity index is 1.06. The number of hydrazone groups is 1. The molecule has 0 N–H and O–H groups in total. The van der Waals surface area contributed by atoms with Gasteiger partial charge in [-0.05, 0) is 95.0 Å². The van der Waals surface area contributed by atoms with Crippen LogP contribution in [-0.2, 0) is 4.79 Å². The van der Waals surface area contributed by atoms with Gasteiger partial charge in [0, 0.05) is 44.6 Å². The summed E-state index contributed by atoms with van der Waals surface area (Å²) in [6, 6.07) is 8.88. The Morgan fingerprint density at radius 2 is 1.77 bits per heavy atom. The number of benzene rings is 1. The zero-order chi connectivity index (χ0) is 27.1. The van der Waals surface area contributed by atoms with E-state index in [1.807, 2.05) is 18.2 Å². The fourth-order valence-corrected chi connectivity index (χ4v) is 8.29. The van der Waals surface area contributed by atoms with E-state index in [9.17, 15) is 10.1 Å². The first-order chi connectivity index (χ1) is 18.9. The van der Waals surface area contributed by atoms with Crippen molar-refractivity contribution in [2.45, 2.75) is 82.7 Å². The molecule has 1 atom stereocenters. The highest BCUT2D eigenvalue weighted by Gasteiger charge is 2.50. The number of nitriles is 1. The second-order valence-electron chi connectivity index (χ2n) is 13.1. The van der Waals surface area contributed by atoms with Crippen LogP contribution in [0.2, 0.25) is 5.02 Å². The van der Waals surface area contributed by atoms with Crippen molar-refractivity contribution in [3.63, 3.8) is 0 Å². The Hall–Kier alpha value is -2.30. The van der Waals surface area contributed by atoms with Crippen LogP contribution in [0.25, 0.3) is 0 Å². The van der Waals surface area contributed by atoms with Gasteiger partial charge in [-0.25, -0.2) is 0 Å². The molecule has 1 spiro atoms. The Bertz CT molecular complexity index is 1130. The Labute approximate surface area is 238 Å². The molecule has 0 aromatic heterocycles. The SMILES string of the molecule is CN(C)C1CCN(C(=O)C2CC3(CCN(C4=NN(c5ccc(C#N)c(Cl)c5)[C@@H](C5CCCC5)C4)CC3)C2)CC1. The summed E-state index contributed by atoms with van der Waals surface area (Å²) in [7, 11) is 4.30. The van der Waals surface area contributed by atoms with Gasteiger partial charge in [-0.2, -0.15) is 10.4 Å². The Kier molecular flexibility index (Phi) is 7.54. The van der Waals surface area contributed by atoms with Gasteiger partial charge in [0.25, 0.3) is 0 Å². The first kappa shape index (κ1) is 26.9. The largest absolute Gasteiger partial charge is 0.359 e. The van der Waals surface area contributed by atoms with E-state index in [2.05, 4.69) is 39.9 Å². The minimum atomic E-state index is 0.236. The molecule has 0 unspecified atom stereocenters. The summed E-state index contributed by atoms with van der Waals surface area (Å²) < 4.78 is 0. The van der Waals surface area contributed by atoms with Crippen LogP contribution in [-0.4, -0.2) is 78.8 Å². The van der Waals surface area contributed by atoms with E-state index in [1.165, 1.54) is 31.5 Å². The molecule has 0 bridgehead atoms. The number of likely N-dealkylation sites (tertiary alicyclic amines) is 2. The lowest BCUT2D eigenvalue weighted by atomic mass is 9.57. The zero-order valence-electron chi connectivity index (χ0n) is 23.6. The van der Waals surface area contributed by atoms with Gasteiger partial charge in [-0.3, -0.25) is 9.80 Å². The third kappa shape index (κ3) is 5.27. The summed E-state index contributed by atoms with van der Waals surface area (Å²) in [5, 5.41) is 17.2. The van der Waals surface area contributed by atoms with Crippen molar-refractivity contribution < 1.29 is 4.79 Å². The van der Waals surface area contributed by atoms with Crippen molar-refractivity contribution in [3.8, 4) is 6.07 Å². The number of nitrogens with zero attached hydrogens (tertiary/aromatic N) is 6. The lowest BCUT2D eigenvalue weighted by Crippen LogP contribution is -2.54. The summed E-state index contributed by atoms with van der Waals surface area (Å²) in [4.78, 5) is 20.2. The van der Waals surface area contributed by atoms with Crippen LogP contribution in [0.5, 0.6) is 0 Å². The van der Waals surface area contributed by atoms with Crippen molar-refractivity contribution in [1.29, 1.82) is 5.26 Å². The predicted octanol–water partition coefficient (Wildman–Crippen LogP) is 5.34. The topological polar surface area (TPSA) is 66.2 Å². The van der Waals surface area contributed by atoms with E-state index in [0.29, 0.717) is 39.9 Å². The van der Waals surface area contributed by atoms with Gasteiger partial charge in [0.05, 0.1) is 22.3 Å². The first-order valence-electron chi connectivity index (χ1n) is 15.1. The number of anilines is 1. The lowest BCUT2D eigenvalue weighted by molar-refractivity contribution is -0.147. The number of piperidine rings is 2. The first-order valence-corrected chi connectivity index (χ1v) is 15.5. The number of rotatable bonds is 4. The molecule has 2 saturated carbocycles. The molecule has 0 radical (unpaired) electrons. The van der Waals surface area contributed by atoms with Crippen LogP contribution in [0, 0.1) is 28.6 Å². The molecule has 8 heteroatoms. The summed E-state index contributed by atoms with van der Waals surface area (Å²) >= 11 is 6.42. The van der Waals surface area contributed by atoms with Crippen molar-refractivity contribution in [3.05, 3.63) is 28.8 Å². The molecule has 2 aliphatic carbocycles. The molecule has 4 fully saturated rings. The number of amidine groups is 1. The van der Waals surface area contributed by atoms with Gasteiger partial charge in [-0.1, -0.05) is 24.4 Å². The molecule has 39 heavy (non-hydrogen) atoms. The average molecular weight is 551 g/mol. The second kappa shape index (κ2) is 10.9. The van der Waals surface area contributed by atoms with Gasteiger partial charge in [0.2, 0.25) is 5.91 Å². The smallest absolute Gasteiger partial charge is 0.225 e. The lowest BCUT2D eigenvalue weighted by Gasteiger charge is -2.53. The molecule has 6 rings (SSSR count). The highest BCUT2D eigenvalue weighted by Crippen LogP contribution is 2.53. The second-order valence-corrected chi connectivity index (χ2v) is 13.5. The van der Waals surface area contributed by atoms with Crippen LogP contribution in [0.3, 0.4) is 0 Å². The van der Waals surface area contributed by atoms with E-state index in [4.69, 9.17) is 16.7 Å². The molecule has 210 valence electrons. The van der Waals surface area contributed by atoms with Gasteiger partial charge in [-0.15, -0.1) is 0 Å². The highest BCUT2D eigenvalue weighted by atomic mass is 35.5. The van der Waals surface area contributed by atoms with Crippen LogP contribution >= 0.6 is 11.6 Å². The van der Waals surface area contributed by atoms with E-state index in [1.54, 1.807) is 0 Å². The number of carbonyl (C=O) groups is 1. The van der Waals surface area contributed by atoms with E-state index >= 15 is 0 Å². The summed E-state index contributed by atoms with van der Waals surface area (Å²) in [6.45, 7) is 3.91. The molecule has 1 aromatic carbocycles. The third-order valence-electron chi connectivity index (χ3n) is 10.6. The molecular weight excluding hydrogens is 508 g/mol. The third-order valence-corrected chi connectivity index (χ3v) is 10.9. The normalized spacial score (nSPS) is 26.3. The van der Waals surface area contributed by atoms with Crippen molar-refractivity contribution in [1.82, 2.24) is 14.7 Å². The maximum atomic E-state index is 13.2. The van der Waals surface area contributed by atoms with Crippen LogP contribution in [0.15, 0.2) is 23.3 Å². The average Bonchev–Trinajstić information content (AvgIpc) is 3.62. The Morgan fingerprint density at radius 1 is 1.08 bits per heavy atom. The molecule has 3 aliphatic heterocycles. The molecular formula is C31H43ClN6O. The number of amides is 1. The van der Waals surface area contributed by atoms with Crippen molar-refractivity contribution in [2.24, 2.45) is 22.4 Å². The molecule has 7 nitrogen and oxygen atoms in total. The number of carbonyl (C=O) groups excluding carboxylic acids is 1. The number of hydrogen-bond donors (Lipinski definition) is 0. The molecule has 1 aromatic rings. The minimum Gasteiger partial charge on any atom is -0.359 e. The van der Waals surface area contributed by atoms with E-state index < -0.39 is 0 Å². The molecule has 2 saturated heterocycles. The molecule has 5 aliphatic rings. The van der Waals surface area contributed by atoms with Crippen LogP contribution in [0.1, 0.15) is 76.2 Å². The van der Waals surface area contributed by atoms with Crippen molar-refractivity contribution in [2.75, 3.05) is 45.3 Å². The summed E-state index contributed by atoms with van der Waals surface area (Å²) in [5.41, 5.74) is 1.86. The number of halogens is 1. The van der Waals surface area contributed by atoms with E-state index in [0.717, 1.165) is 76.8 Å². The quantitative estimate of drug-likeness (QED) is 0.506. The monoisotopic (exact) mass is 550 g/mol. The fraction of sp³-hybridized carbons (Fsp3) is 0.710. The van der Waals surface area contributed by atoms with Gasteiger partial charge in [0.1, 0.15) is 11.9 Å². The van der Waals surface area contributed by atoms with Crippen LogP contribution in [0.4, 0.5) is 5.69 Å². The standard InChI is InChI=1S/C31H43ClN6O/c1-35(2)25-9-13-37(14-10-25)30(39)24-19-31(20-24)11-15-36(16-12-31)29-18-28(22-5-3-4-6-22)38(34-29)26-8-7-23(21-33)27(32)17-26/h7-8,17,22,24-25,28H,3-6,9-16,18-20H2,1-2H3/t28-/m1/s1. The summed E-state index contributed by atoms with van der Waals surface area (Å²) in [5.74, 6) is 2.51.